The van der Waals surface area contributed by atoms with Gasteiger partial charge in [0.25, 0.3) is 0 Å². The third-order valence-electron chi connectivity index (χ3n) is 4.44. The van der Waals surface area contributed by atoms with E-state index in [1.807, 2.05) is 0 Å². The number of benzene rings is 1. The largest absolute Gasteiger partial charge is 0.302 e. The third-order valence-corrected chi connectivity index (χ3v) is 8.10. The van der Waals surface area contributed by atoms with Crippen LogP contribution in [0.5, 0.6) is 0 Å². The van der Waals surface area contributed by atoms with Crippen LogP contribution < -0.4 is 5.32 Å². The van der Waals surface area contributed by atoms with Crippen molar-refractivity contribution < 1.29 is 13.2 Å². The molecule has 1 amide bonds. The second-order valence-electron chi connectivity index (χ2n) is 6.27. The Balaban J connectivity index is 1.58. The van der Waals surface area contributed by atoms with Gasteiger partial charge in [0.05, 0.1) is 21.0 Å². The molecule has 1 aliphatic carbocycles. The maximum absolute atomic E-state index is 12.6. The van der Waals surface area contributed by atoms with Gasteiger partial charge in [-0.2, -0.15) is 4.31 Å². The first-order valence-corrected chi connectivity index (χ1v) is 10.9. The van der Waals surface area contributed by atoms with Gasteiger partial charge in [-0.25, -0.2) is 13.4 Å². The first-order chi connectivity index (χ1) is 11.8. The Bertz CT molecular complexity index is 952. The zero-order valence-electron chi connectivity index (χ0n) is 13.0. The van der Waals surface area contributed by atoms with E-state index in [2.05, 4.69) is 10.3 Å². The van der Waals surface area contributed by atoms with Crippen molar-refractivity contribution in [3.05, 3.63) is 18.2 Å². The summed E-state index contributed by atoms with van der Waals surface area (Å²) in [5.41, 5.74) is 0.638. The summed E-state index contributed by atoms with van der Waals surface area (Å²) in [5.74, 6) is -0.706. The molecule has 2 fully saturated rings. The highest BCUT2D eigenvalue weighted by Crippen LogP contribution is 2.53. The summed E-state index contributed by atoms with van der Waals surface area (Å²) < 4.78 is 26.5. The van der Waals surface area contributed by atoms with Gasteiger partial charge >= 0.3 is 0 Å². The fourth-order valence-corrected chi connectivity index (χ4v) is 5.92. The first kappa shape index (κ1) is 17.5. The van der Waals surface area contributed by atoms with Gasteiger partial charge < -0.3 is 5.32 Å². The molecule has 2 aromatic rings. The smallest absolute Gasteiger partial charge is 0.243 e. The molecule has 4 rings (SSSR count). The van der Waals surface area contributed by atoms with Crippen LogP contribution >= 0.6 is 34.5 Å². The van der Waals surface area contributed by atoms with E-state index in [4.69, 9.17) is 23.2 Å². The van der Waals surface area contributed by atoms with Crippen LogP contribution in [0, 0.1) is 5.92 Å². The maximum Gasteiger partial charge on any atom is 0.243 e. The number of thiazole rings is 1. The predicted octanol–water partition coefficient (Wildman–Crippen LogP) is 3.21. The fraction of sp³-hybridized carbons (Fsp3) is 0.467. The lowest BCUT2D eigenvalue weighted by Gasteiger charge is -2.15. The molecular weight excluding hydrogens is 405 g/mol. The number of nitrogens with zero attached hydrogens (tertiary/aromatic N) is 2. The second kappa shape index (κ2) is 6.06. The van der Waals surface area contributed by atoms with Crippen molar-refractivity contribution >= 4 is 65.8 Å². The molecule has 1 N–H and O–H groups in total. The quantitative estimate of drug-likeness (QED) is 0.771. The monoisotopic (exact) mass is 419 g/mol. The Hall–Kier alpha value is -0.930. The zero-order valence-corrected chi connectivity index (χ0v) is 16.2. The molecule has 25 heavy (non-hydrogen) atoms. The van der Waals surface area contributed by atoms with Crippen LogP contribution in [0.4, 0.5) is 5.13 Å². The molecule has 0 spiro atoms. The molecule has 1 saturated carbocycles. The van der Waals surface area contributed by atoms with Crippen LogP contribution in [0.15, 0.2) is 23.1 Å². The lowest BCUT2D eigenvalue weighted by Crippen LogP contribution is -2.27. The molecule has 6 nitrogen and oxygen atoms in total. The Kier molecular flexibility index (Phi) is 4.24. The fourth-order valence-electron chi connectivity index (χ4n) is 2.89. The van der Waals surface area contributed by atoms with Gasteiger partial charge in [-0.05, 0) is 37.5 Å². The molecule has 0 bridgehead atoms. The molecule has 1 atom stereocenters. The van der Waals surface area contributed by atoms with E-state index in [0.29, 0.717) is 34.9 Å². The number of nitrogens with one attached hydrogen (secondary N) is 1. The molecule has 134 valence electrons. The lowest BCUT2D eigenvalue weighted by atomic mass is 10.3. The number of fused-ring (bicyclic) bond motifs is 1. The van der Waals surface area contributed by atoms with Crippen molar-refractivity contribution in [3.8, 4) is 0 Å². The van der Waals surface area contributed by atoms with Crippen LogP contribution in [0.2, 0.25) is 0 Å². The highest BCUT2D eigenvalue weighted by molar-refractivity contribution is 7.89. The van der Waals surface area contributed by atoms with Crippen LogP contribution in [-0.2, 0) is 14.8 Å². The number of sulfonamides is 1. The van der Waals surface area contributed by atoms with Crippen LogP contribution in [0.3, 0.4) is 0 Å². The average molecular weight is 420 g/mol. The summed E-state index contributed by atoms with van der Waals surface area (Å²) in [6, 6.07) is 4.83. The van der Waals surface area contributed by atoms with Crippen molar-refractivity contribution in [2.24, 2.45) is 5.92 Å². The maximum atomic E-state index is 12.6. The van der Waals surface area contributed by atoms with Crippen molar-refractivity contribution in [2.75, 3.05) is 18.4 Å². The standard InChI is InChI=1S/C15H15Cl2N3O3S2/c16-15(17)8-10(15)13(21)19-14-18-11-4-3-9(7-12(11)24-14)25(22,23)20-5-1-2-6-20/h3-4,7,10H,1-2,5-6,8H2,(H,18,19,21). The average Bonchev–Trinajstić information content (AvgIpc) is 2.99. The first-order valence-electron chi connectivity index (χ1n) is 7.87. The third kappa shape index (κ3) is 3.26. The van der Waals surface area contributed by atoms with Crippen molar-refractivity contribution in [1.29, 1.82) is 0 Å². The minimum atomic E-state index is -3.47. The van der Waals surface area contributed by atoms with Gasteiger partial charge in [-0.3, -0.25) is 4.79 Å². The summed E-state index contributed by atoms with van der Waals surface area (Å²) >= 11 is 13.0. The molecule has 1 aromatic heterocycles. The normalized spacial score (nSPS) is 23.0. The van der Waals surface area contributed by atoms with Crippen molar-refractivity contribution in [3.63, 3.8) is 0 Å². The van der Waals surface area contributed by atoms with Crippen LogP contribution in [-0.4, -0.2) is 41.0 Å². The van der Waals surface area contributed by atoms with Gasteiger partial charge in [-0.1, -0.05) is 11.3 Å². The molecule has 1 aromatic carbocycles. The Morgan fingerprint density at radius 2 is 2.00 bits per heavy atom. The second-order valence-corrected chi connectivity index (χ2v) is 10.8. The topological polar surface area (TPSA) is 79.4 Å². The Morgan fingerprint density at radius 1 is 1.32 bits per heavy atom. The summed E-state index contributed by atoms with van der Waals surface area (Å²) in [4.78, 5) is 16.6. The zero-order chi connectivity index (χ0) is 17.8. The van der Waals surface area contributed by atoms with Crippen molar-refractivity contribution in [2.45, 2.75) is 28.5 Å². The van der Waals surface area contributed by atoms with E-state index in [0.717, 1.165) is 12.8 Å². The van der Waals surface area contributed by atoms with E-state index >= 15 is 0 Å². The Labute approximate surface area is 159 Å². The number of rotatable bonds is 4. The molecular formula is C15H15Cl2N3O3S2. The minimum Gasteiger partial charge on any atom is -0.302 e. The van der Waals surface area contributed by atoms with E-state index in [1.54, 1.807) is 18.2 Å². The number of anilines is 1. The molecule has 1 saturated heterocycles. The van der Waals surface area contributed by atoms with Gasteiger partial charge in [0.2, 0.25) is 15.9 Å². The molecule has 10 heteroatoms. The number of hydrogen-bond donors (Lipinski definition) is 1. The number of amides is 1. The minimum absolute atomic E-state index is 0.256. The summed E-state index contributed by atoms with van der Waals surface area (Å²) in [7, 11) is -3.47. The van der Waals surface area contributed by atoms with Gasteiger partial charge in [-0.15, -0.1) is 23.2 Å². The van der Waals surface area contributed by atoms with E-state index in [-0.39, 0.29) is 10.8 Å². The lowest BCUT2D eigenvalue weighted by molar-refractivity contribution is -0.117. The number of carbonyl (C=O) groups excluding carboxylic acids is 1. The highest BCUT2D eigenvalue weighted by Gasteiger charge is 2.56. The Morgan fingerprint density at radius 3 is 2.64 bits per heavy atom. The molecule has 2 aliphatic rings. The van der Waals surface area contributed by atoms with Crippen LogP contribution in [0.1, 0.15) is 19.3 Å². The van der Waals surface area contributed by atoms with Crippen molar-refractivity contribution in [1.82, 2.24) is 9.29 Å². The highest BCUT2D eigenvalue weighted by atomic mass is 35.5. The van der Waals surface area contributed by atoms with E-state index in [9.17, 15) is 13.2 Å². The predicted molar refractivity (Wildman–Crippen MR) is 98.8 cm³/mol. The van der Waals surface area contributed by atoms with Gasteiger partial charge in [0.1, 0.15) is 4.33 Å². The number of hydrogen-bond acceptors (Lipinski definition) is 5. The summed E-state index contributed by atoms with van der Waals surface area (Å²) in [6.07, 6.45) is 2.20. The summed E-state index contributed by atoms with van der Waals surface area (Å²) in [6.45, 7) is 1.12. The number of aromatic nitrogens is 1. The number of alkyl halides is 2. The number of halogens is 2. The molecule has 1 aliphatic heterocycles. The van der Waals surface area contributed by atoms with E-state index < -0.39 is 20.3 Å². The molecule has 0 radical (unpaired) electrons. The number of carbonyl (C=O) groups is 1. The van der Waals surface area contributed by atoms with E-state index in [1.165, 1.54) is 15.6 Å². The summed E-state index contributed by atoms with van der Waals surface area (Å²) in [5, 5.41) is 3.11. The SMILES string of the molecule is O=C(Nc1nc2ccc(S(=O)(=O)N3CCCC3)cc2s1)C1CC1(Cl)Cl. The molecule has 1 unspecified atom stereocenters. The van der Waals surface area contributed by atoms with Gasteiger partial charge in [0, 0.05) is 13.1 Å². The van der Waals surface area contributed by atoms with Gasteiger partial charge in [0.15, 0.2) is 5.13 Å². The molecule has 2 heterocycles. The van der Waals surface area contributed by atoms with Crippen LogP contribution in [0.25, 0.3) is 10.2 Å².